The minimum absolute atomic E-state index is 0.0149. The molecule has 1 unspecified atom stereocenters. The number of hydrogen-bond acceptors (Lipinski definition) is 5. The molecule has 2 heterocycles. The Morgan fingerprint density at radius 1 is 1.06 bits per heavy atom. The summed E-state index contributed by atoms with van der Waals surface area (Å²) in [7, 11) is 0. The summed E-state index contributed by atoms with van der Waals surface area (Å²) in [5, 5.41) is 11.9. The first kappa shape index (κ1) is 25.7. The third kappa shape index (κ3) is 5.55. The maximum absolute atomic E-state index is 13.2. The van der Waals surface area contributed by atoms with E-state index in [1.54, 1.807) is 60.9 Å². The smallest absolute Gasteiger partial charge is 0.295 e. The molecule has 0 radical (unpaired) electrons. The number of rotatable bonds is 9. The normalized spacial score (nSPS) is 17.0. The fraction of sp³-hybridized carbons (Fsp3) is 0.250. The lowest BCUT2D eigenvalue weighted by Gasteiger charge is -2.25. The van der Waals surface area contributed by atoms with E-state index < -0.39 is 17.7 Å². The highest BCUT2D eigenvalue weighted by atomic mass is 35.5. The van der Waals surface area contributed by atoms with E-state index in [4.69, 9.17) is 27.9 Å². The molecule has 0 saturated carbocycles. The van der Waals surface area contributed by atoms with Crippen LogP contribution in [0.3, 0.4) is 0 Å². The number of aliphatic hydroxyl groups excluding tert-OH is 1. The molecule has 1 atom stereocenters. The zero-order chi connectivity index (χ0) is 25.7. The minimum Gasteiger partial charge on any atom is -0.507 e. The number of Topliss-reactive ketones (excluding diaryl/α,β-unsaturated/α-hetero) is 1. The van der Waals surface area contributed by atoms with E-state index in [1.165, 1.54) is 4.90 Å². The highest BCUT2D eigenvalue weighted by Crippen LogP contribution is 2.41. The van der Waals surface area contributed by atoms with Crippen molar-refractivity contribution in [2.45, 2.75) is 38.8 Å². The van der Waals surface area contributed by atoms with Gasteiger partial charge in [0.25, 0.3) is 11.7 Å². The highest BCUT2D eigenvalue weighted by molar-refractivity contribution is 6.46. The van der Waals surface area contributed by atoms with Crippen LogP contribution in [0.15, 0.2) is 72.6 Å². The van der Waals surface area contributed by atoms with Gasteiger partial charge in [-0.1, -0.05) is 55.1 Å². The van der Waals surface area contributed by atoms with Crippen LogP contribution in [0.4, 0.5) is 0 Å². The summed E-state index contributed by atoms with van der Waals surface area (Å²) in [6.45, 7) is 2.86. The van der Waals surface area contributed by atoms with E-state index in [-0.39, 0.29) is 22.9 Å². The molecule has 8 heteroatoms. The maximum atomic E-state index is 13.2. The van der Waals surface area contributed by atoms with Crippen LogP contribution >= 0.6 is 23.2 Å². The first-order chi connectivity index (χ1) is 17.4. The number of ether oxygens (including phenoxy) is 1. The van der Waals surface area contributed by atoms with Crippen LogP contribution in [0.2, 0.25) is 10.0 Å². The van der Waals surface area contributed by atoms with Gasteiger partial charge in [-0.15, -0.1) is 0 Å². The summed E-state index contributed by atoms with van der Waals surface area (Å²) in [5.74, 6) is -1.09. The van der Waals surface area contributed by atoms with Crippen LogP contribution in [-0.2, 0) is 16.1 Å². The molecule has 1 aliphatic rings. The topological polar surface area (TPSA) is 79.7 Å². The van der Waals surface area contributed by atoms with Crippen LogP contribution in [0.25, 0.3) is 5.76 Å². The second-order valence-corrected chi connectivity index (χ2v) is 9.36. The molecule has 0 bridgehead atoms. The van der Waals surface area contributed by atoms with Gasteiger partial charge in [0, 0.05) is 24.5 Å². The van der Waals surface area contributed by atoms with Crippen LogP contribution in [-0.4, -0.2) is 33.3 Å². The molecule has 1 aliphatic heterocycles. The molecule has 1 aromatic heterocycles. The Bertz CT molecular complexity index is 1280. The van der Waals surface area contributed by atoms with Gasteiger partial charge < -0.3 is 14.7 Å². The number of nitrogens with zero attached hydrogens (tertiary/aromatic N) is 2. The van der Waals surface area contributed by atoms with Crippen molar-refractivity contribution < 1.29 is 19.4 Å². The summed E-state index contributed by atoms with van der Waals surface area (Å²) in [6, 6.07) is 14.4. The number of aromatic nitrogens is 1. The summed E-state index contributed by atoms with van der Waals surface area (Å²) in [5.41, 5.74) is 1.69. The number of hydrogen-bond donors (Lipinski definition) is 1. The zero-order valence-electron chi connectivity index (χ0n) is 19.8. The minimum atomic E-state index is -0.857. The lowest BCUT2D eigenvalue weighted by molar-refractivity contribution is -0.140. The van der Waals surface area contributed by atoms with Crippen molar-refractivity contribution in [3.8, 4) is 5.75 Å². The van der Waals surface area contributed by atoms with Crippen molar-refractivity contribution >= 4 is 40.7 Å². The Balaban J connectivity index is 1.72. The number of amides is 1. The van der Waals surface area contributed by atoms with Crippen LogP contribution < -0.4 is 4.74 Å². The molecule has 2 aromatic carbocycles. The number of likely N-dealkylation sites (tertiary alicyclic amines) is 1. The average molecular weight is 525 g/mol. The Kier molecular flexibility index (Phi) is 8.28. The van der Waals surface area contributed by atoms with Gasteiger partial charge in [-0.25, -0.2) is 0 Å². The molecule has 3 aromatic rings. The average Bonchev–Trinajstić information content (AvgIpc) is 3.14. The molecule has 1 saturated heterocycles. The number of halogens is 2. The molecule has 1 fully saturated rings. The van der Waals surface area contributed by atoms with Crippen LogP contribution in [0.1, 0.15) is 48.9 Å². The first-order valence-electron chi connectivity index (χ1n) is 11.8. The molecular formula is C28H26Cl2N2O4. The number of carbonyl (C=O) groups is 2. The number of ketones is 1. The Hall–Kier alpha value is -3.35. The van der Waals surface area contributed by atoms with Gasteiger partial charge >= 0.3 is 0 Å². The van der Waals surface area contributed by atoms with Crippen molar-refractivity contribution in [2.24, 2.45) is 0 Å². The van der Waals surface area contributed by atoms with Gasteiger partial charge in [0.1, 0.15) is 11.5 Å². The van der Waals surface area contributed by atoms with E-state index >= 15 is 0 Å². The zero-order valence-corrected chi connectivity index (χ0v) is 21.3. The number of unbranched alkanes of at least 4 members (excludes halogenated alkanes) is 2. The van der Waals surface area contributed by atoms with E-state index in [1.807, 2.05) is 6.07 Å². The van der Waals surface area contributed by atoms with Gasteiger partial charge in [0.05, 0.1) is 28.3 Å². The van der Waals surface area contributed by atoms with Crippen LogP contribution in [0.5, 0.6) is 5.75 Å². The third-order valence-electron chi connectivity index (χ3n) is 6.02. The predicted octanol–water partition coefficient (Wildman–Crippen LogP) is 6.58. The quantitative estimate of drug-likeness (QED) is 0.148. The monoisotopic (exact) mass is 524 g/mol. The molecular weight excluding hydrogens is 499 g/mol. The van der Waals surface area contributed by atoms with E-state index in [9.17, 15) is 14.7 Å². The Labute approximate surface area is 220 Å². The summed E-state index contributed by atoms with van der Waals surface area (Å²) in [6.07, 6.45) is 6.42. The predicted molar refractivity (Wildman–Crippen MR) is 140 cm³/mol. The third-order valence-corrected chi connectivity index (χ3v) is 6.76. The summed E-state index contributed by atoms with van der Waals surface area (Å²) >= 11 is 12.4. The highest BCUT2D eigenvalue weighted by Gasteiger charge is 2.46. The van der Waals surface area contributed by atoms with Gasteiger partial charge in [-0.3, -0.25) is 14.6 Å². The lowest BCUT2D eigenvalue weighted by Crippen LogP contribution is -2.29. The molecule has 0 spiro atoms. The molecule has 186 valence electrons. The molecule has 6 nitrogen and oxygen atoms in total. The lowest BCUT2D eigenvalue weighted by atomic mass is 9.95. The van der Waals surface area contributed by atoms with E-state index in [0.29, 0.717) is 28.5 Å². The van der Waals surface area contributed by atoms with Crippen molar-refractivity contribution in [3.63, 3.8) is 0 Å². The van der Waals surface area contributed by atoms with Gasteiger partial charge in [0.15, 0.2) is 0 Å². The second kappa shape index (κ2) is 11.6. The van der Waals surface area contributed by atoms with Crippen LogP contribution in [0, 0.1) is 0 Å². The van der Waals surface area contributed by atoms with E-state index in [0.717, 1.165) is 24.8 Å². The fourth-order valence-corrected chi connectivity index (χ4v) is 4.47. The van der Waals surface area contributed by atoms with E-state index in [2.05, 4.69) is 11.9 Å². The molecule has 4 rings (SSSR count). The standard InChI is InChI=1S/C28H26Cl2N2O4/c1-2-3-4-14-36-21-10-7-19(8-11-21)26(33)24-25(20-9-12-22(29)23(30)15-20)32(28(35)27(24)34)17-18-6-5-13-31-16-18/h5-13,15-16,25,33H,2-4,14,17H2,1H3/b26-24-. The van der Waals surface area contributed by atoms with Gasteiger partial charge in [-0.2, -0.15) is 0 Å². The van der Waals surface area contributed by atoms with Gasteiger partial charge in [0.2, 0.25) is 0 Å². The van der Waals surface area contributed by atoms with Crippen molar-refractivity contribution in [2.75, 3.05) is 6.61 Å². The van der Waals surface area contributed by atoms with Crippen molar-refractivity contribution in [1.82, 2.24) is 9.88 Å². The molecule has 0 aliphatic carbocycles. The van der Waals surface area contributed by atoms with Gasteiger partial charge in [-0.05, 0) is 60.0 Å². The van der Waals surface area contributed by atoms with Crippen molar-refractivity contribution in [1.29, 1.82) is 0 Å². The SMILES string of the molecule is CCCCCOc1ccc(/C(O)=C2/C(=O)C(=O)N(Cc3cccnc3)C2c2ccc(Cl)c(Cl)c2)cc1. The Morgan fingerprint density at radius 3 is 2.50 bits per heavy atom. The number of pyridine rings is 1. The number of carbonyl (C=O) groups excluding carboxylic acids is 2. The largest absolute Gasteiger partial charge is 0.507 e. The fourth-order valence-electron chi connectivity index (χ4n) is 4.17. The Morgan fingerprint density at radius 2 is 1.83 bits per heavy atom. The number of benzene rings is 2. The summed E-state index contributed by atoms with van der Waals surface area (Å²) in [4.78, 5) is 31.9. The second-order valence-electron chi connectivity index (χ2n) is 8.54. The number of aliphatic hydroxyl groups is 1. The maximum Gasteiger partial charge on any atom is 0.295 e. The van der Waals surface area contributed by atoms with Crippen molar-refractivity contribution in [3.05, 3.63) is 99.3 Å². The molecule has 1 amide bonds. The summed E-state index contributed by atoms with van der Waals surface area (Å²) < 4.78 is 5.74. The molecule has 1 N–H and O–H groups in total. The first-order valence-corrected chi connectivity index (χ1v) is 12.5. The molecule has 36 heavy (non-hydrogen) atoms.